The predicted octanol–water partition coefficient (Wildman–Crippen LogP) is 2.40. The Balaban J connectivity index is 2.46. The van der Waals surface area contributed by atoms with Gasteiger partial charge in [0.2, 0.25) is 0 Å². The first-order valence-corrected chi connectivity index (χ1v) is 11.6. The molecule has 1 aliphatic heterocycles. The predicted molar refractivity (Wildman–Crippen MR) is 112 cm³/mol. The van der Waals surface area contributed by atoms with Crippen molar-refractivity contribution in [1.82, 2.24) is 9.44 Å². The van der Waals surface area contributed by atoms with Gasteiger partial charge in [-0.25, -0.2) is 9.44 Å². The summed E-state index contributed by atoms with van der Waals surface area (Å²) in [7, 11) is -3.65. The van der Waals surface area contributed by atoms with Crippen LogP contribution < -0.4 is 9.44 Å². The van der Waals surface area contributed by atoms with E-state index in [4.69, 9.17) is 0 Å². The second kappa shape index (κ2) is 11.9. The van der Waals surface area contributed by atoms with Crippen LogP contribution in [0.5, 0.6) is 0 Å². The molecular weight excluding hydrogens is 380 g/mol. The van der Waals surface area contributed by atoms with E-state index in [1.807, 2.05) is 27.7 Å². The van der Waals surface area contributed by atoms with E-state index in [-0.39, 0.29) is 35.1 Å². The molecule has 0 spiro atoms. The Labute approximate surface area is 168 Å². The number of hydrogen-bond donors (Lipinski definition) is 2. The lowest BCUT2D eigenvalue weighted by Crippen LogP contribution is -2.24. The molecule has 1 heterocycles. The van der Waals surface area contributed by atoms with E-state index in [0.717, 1.165) is 19.3 Å². The highest BCUT2D eigenvalue weighted by molar-refractivity contribution is 7.89. The largest absolute Gasteiger partial charge is 0.324 e. The molecule has 1 fully saturated rings. The van der Waals surface area contributed by atoms with Crippen LogP contribution in [0.3, 0.4) is 0 Å². The summed E-state index contributed by atoms with van der Waals surface area (Å²) >= 11 is 0. The maximum Gasteiger partial charge on any atom is 0.324 e. The zero-order chi connectivity index (χ0) is 21.2. The second-order valence-corrected chi connectivity index (χ2v) is 8.89. The van der Waals surface area contributed by atoms with Crippen molar-refractivity contribution in [2.24, 2.45) is 21.8 Å². The van der Waals surface area contributed by atoms with Crippen molar-refractivity contribution < 1.29 is 18.0 Å². The number of carbonyl (C=O) groups is 2. The number of amidine groups is 2. The molecule has 1 unspecified atom stereocenters. The third-order valence-corrected chi connectivity index (χ3v) is 5.62. The van der Waals surface area contributed by atoms with Crippen LogP contribution in [0, 0.1) is 11.8 Å². The Bertz CT molecular complexity index is 699. The molecule has 28 heavy (non-hydrogen) atoms. The van der Waals surface area contributed by atoms with Gasteiger partial charge in [-0.3, -0.25) is 19.6 Å². The van der Waals surface area contributed by atoms with Crippen molar-refractivity contribution in [1.29, 1.82) is 0 Å². The van der Waals surface area contributed by atoms with Gasteiger partial charge in [-0.15, -0.1) is 0 Å². The van der Waals surface area contributed by atoms with Crippen LogP contribution in [-0.4, -0.2) is 44.7 Å². The molecule has 0 radical (unpaired) electrons. The van der Waals surface area contributed by atoms with Gasteiger partial charge in [0.05, 0.1) is 0 Å². The third-order valence-electron chi connectivity index (χ3n) is 4.69. The first-order chi connectivity index (χ1) is 13.2. The van der Waals surface area contributed by atoms with Crippen LogP contribution in [0.15, 0.2) is 9.98 Å². The van der Waals surface area contributed by atoms with E-state index in [1.54, 1.807) is 0 Å². The van der Waals surface area contributed by atoms with Gasteiger partial charge in [0.1, 0.15) is 11.6 Å². The number of carbonyl (C=O) groups excluding carboxylic acids is 2. The average molecular weight is 415 g/mol. The number of ketones is 2. The minimum absolute atomic E-state index is 0.0383. The Hall–Kier alpha value is -1.77. The van der Waals surface area contributed by atoms with Crippen molar-refractivity contribution in [3.8, 4) is 0 Å². The summed E-state index contributed by atoms with van der Waals surface area (Å²) in [4.78, 5) is 31.9. The second-order valence-electron chi connectivity index (χ2n) is 7.48. The summed E-state index contributed by atoms with van der Waals surface area (Å²) in [5, 5.41) is 0. The van der Waals surface area contributed by atoms with Gasteiger partial charge >= 0.3 is 10.2 Å². The highest BCUT2D eigenvalue weighted by Crippen LogP contribution is 2.09. The minimum Gasteiger partial charge on any atom is -0.299 e. The number of nitrogens with one attached hydrogen (secondary N) is 2. The minimum atomic E-state index is -3.65. The molecule has 2 N–H and O–H groups in total. The first-order valence-electron chi connectivity index (χ1n) is 10.1. The highest BCUT2D eigenvalue weighted by atomic mass is 32.2. The van der Waals surface area contributed by atoms with Gasteiger partial charge in [0.15, 0.2) is 11.7 Å². The van der Waals surface area contributed by atoms with E-state index in [1.165, 1.54) is 0 Å². The van der Waals surface area contributed by atoms with Crippen molar-refractivity contribution in [3.05, 3.63) is 0 Å². The maximum atomic E-state index is 11.8. The lowest BCUT2D eigenvalue weighted by Gasteiger charge is -2.06. The van der Waals surface area contributed by atoms with E-state index in [9.17, 15) is 18.0 Å². The molecule has 0 amide bonds. The molecule has 0 saturated carbocycles. The number of unbranched alkanes of at least 4 members (excludes halogenated alkanes) is 2. The van der Waals surface area contributed by atoms with E-state index in [2.05, 4.69) is 19.4 Å². The van der Waals surface area contributed by atoms with Gasteiger partial charge in [-0.05, 0) is 32.1 Å². The smallest absolute Gasteiger partial charge is 0.299 e. The average Bonchev–Trinajstić information content (AvgIpc) is 2.93. The molecule has 0 aromatic carbocycles. The molecule has 0 bridgehead atoms. The van der Waals surface area contributed by atoms with Crippen LogP contribution in [-0.2, 0) is 19.8 Å². The Morgan fingerprint density at radius 1 is 0.857 bits per heavy atom. The number of aliphatic imine (C=N–C) groups is 2. The monoisotopic (exact) mass is 414 g/mol. The molecule has 9 heteroatoms. The number of rotatable bonds is 13. The van der Waals surface area contributed by atoms with E-state index >= 15 is 0 Å². The van der Waals surface area contributed by atoms with E-state index < -0.39 is 10.2 Å². The summed E-state index contributed by atoms with van der Waals surface area (Å²) in [5.41, 5.74) is 0. The fourth-order valence-electron chi connectivity index (χ4n) is 2.56. The Morgan fingerprint density at radius 3 is 1.75 bits per heavy atom. The standard InChI is InChI=1S/C19H34N4O4S/c1-5-15(4)17(25)11-7-9-13-21-19-18(22-28(26,27)23-19)20-12-8-6-10-16(24)14(2)3/h14-15H,5-13H2,1-4H3,(H,20,22)(H,21,23). The van der Waals surface area contributed by atoms with Crippen LogP contribution in [0.25, 0.3) is 0 Å². The van der Waals surface area contributed by atoms with Gasteiger partial charge in [-0.1, -0.05) is 27.7 Å². The van der Waals surface area contributed by atoms with Crippen LogP contribution in [0.4, 0.5) is 0 Å². The van der Waals surface area contributed by atoms with E-state index in [0.29, 0.717) is 38.8 Å². The van der Waals surface area contributed by atoms with Crippen molar-refractivity contribution >= 4 is 33.4 Å². The highest BCUT2D eigenvalue weighted by Gasteiger charge is 2.27. The lowest BCUT2D eigenvalue weighted by atomic mass is 9.99. The Morgan fingerprint density at radius 2 is 1.32 bits per heavy atom. The third kappa shape index (κ3) is 8.95. The fourth-order valence-corrected chi connectivity index (χ4v) is 3.44. The van der Waals surface area contributed by atoms with Crippen LogP contribution >= 0.6 is 0 Å². The zero-order valence-corrected chi connectivity index (χ0v) is 18.3. The van der Waals surface area contributed by atoms with Gasteiger partial charge in [0.25, 0.3) is 0 Å². The summed E-state index contributed by atoms with van der Waals surface area (Å²) in [5.74, 6) is 1.04. The fraction of sp³-hybridized carbons (Fsp3) is 0.789. The summed E-state index contributed by atoms with van der Waals surface area (Å²) in [6, 6.07) is 0. The quantitative estimate of drug-likeness (QED) is 0.450. The molecule has 8 nitrogen and oxygen atoms in total. The molecule has 1 rings (SSSR count). The molecule has 1 saturated heterocycles. The molecule has 1 atom stereocenters. The number of hydrogen-bond acceptors (Lipinski definition) is 6. The molecule has 1 aliphatic rings. The van der Waals surface area contributed by atoms with Gasteiger partial charge in [0, 0.05) is 37.8 Å². The molecular formula is C19H34N4O4S. The van der Waals surface area contributed by atoms with Crippen LogP contribution in [0.1, 0.15) is 72.6 Å². The first kappa shape index (κ1) is 24.3. The molecule has 160 valence electrons. The normalized spacial score (nSPS) is 19.6. The van der Waals surface area contributed by atoms with Gasteiger partial charge < -0.3 is 0 Å². The SMILES string of the molecule is CCC(C)C(=O)CCCCN=C1NS(=O)(=O)NC1=NCCCCC(=O)C(C)C. The van der Waals surface area contributed by atoms with Crippen LogP contribution in [0.2, 0.25) is 0 Å². The van der Waals surface area contributed by atoms with Gasteiger partial charge in [-0.2, -0.15) is 8.42 Å². The summed E-state index contributed by atoms with van der Waals surface area (Å²) in [6.45, 7) is 8.54. The zero-order valence-electron chi connectivity index (χ0n) is 17.5. The topological polar surface area (TPSA) is 117 Å². The molecule has 0 aromatic heterocycles. The molecule has 0 aromatic rings. The number of nitrogens with zero attached hydrogens (tertiary/aromatic N) is 2. The summed E-state index contributed by atoms with van der Waals surface area (Å²) in [6.07, 6.45) is 4.76. The summed E-state index contributed by atoms with van der Waals surface area (Å²) < 4.78 is 28.1. The lowest BCUT2D eigenvalue weighted by molar-refractivity contribution is -0.123. The molecule has 0 aliphatic carbocycles. The number of Topliss-reactive ketones (excluding diaryl/α,β-unsaturated/α-hetero) is 2. The Kier molecular flexibility index (Phi) is 10.3. The maximum absolute atomic E-state index is 11.8. The van der Waals surface area contributed by atoms with Crippen molar-refractivity contribution in [2.45, 2.75) is 72.6 Å². The van der Waals surface area contributed by atoms with Crippen molar-refractivity contribution in [2.75, 3.05) is 13.1 Å². The van der Waals surface area contributed by atoms with Crippen molar-refractivity contribution in [3.63, 3.8) is 0 Å².